The quantitative estimate of drug-likeness (QED) is 0.141. The maximum Gasteiger partial charge on any atom is 0.573 e. The van der Waals surface area contributed by atoms with Gasteiger partial charge in [-0.2, -0.15) is 5.26 Å². The van der Waals surface area contributed by atoms with Crippen LogP contribution in [0, 0.1) is 11.3 Å². The molecule has 0 aliphatic heterocycles. The topological polar surface area (TPSA) is 150 Å². The number of alkyl halides is 3. The number of phenols is 1. The van der Waals surface area contributed by atoms with Gasteiger partial charge in [-0.05, 0) is 61.0 Å². The van der Waals surface area contributed by atoms with Gasteiger partial charge in [0.15, 0.2) is 12.1 Å². The first-order chi connectivity index (χ1) is 19.8. The monoisotopic (exact) mass is 595 g/mol. The zero-order valence-corrected chi connectivity index (χ0v) is 22.4. The number of nitrogens with two attached hydrogens (primary N) is 1. The van der Waals surface area contributed by atoms with Crippen molar-refractivity contribution in [1.29, 1.82) is 5.26 Å². The molecule has 1 amide bonds. The van der Waals surface area contributed by atoms with Gasteiger partial charge in [-0.15, -0.1) is 13.2 Å². The number of carbonyl (C=O) groups is 2. The molecule has 0 fully saturated rings. The number of benzene rings is 3. The smallest absolute Gasteiger partial charge is 0.507 e. The molecule has 1 aromatic heterocycles. The van der Waals surface area contributed by atoms with Crippen LogP contribution in [0.5, 0.6) is 11.5 Å². The Morgan fingerprint density at radius 2 is 1.83 bits per heavy atom. The fourth-order valence-electron chi connectivity index (χ4n) is 3.98. The van der Waals surface area contributed by atoms with E-state index < -0.39 is 29.2 Å². The Hall–Kier alpha value is -5.12. The molecule has 42 heavy (non-hydrogen) atoms. The van der Waals surface area contributed by atoms with Crippen LogP contribution in [0.3, 0.4) is 0 Å². The summed E-state index contributed by atoms with van der Waals surface area (Å²) in [6, 6.07) is 18.9. The minimum Gasteiger partial charge on any atom is -0.507 e. The Bertz CT molecular complexity index is 1720. The van der Waals surface area contributed by atoms with Crippen LogP contribution in [0.25, 0.3) is 22.4 Å². The summed E-state index contributed by atoms with van der Waals surface area (Å²) in [5.74, 6) is -2.36. The number of anilines is 2. The molecule has 4 aromatic rings. The third kappa shape index (κ3) is 6.95. The molecule has 5 N–H and O–H groups in total. The molecule has 13 heteroatoms. The van der Waals surface area contributed by atoms with Gasteiger partial charge in [0.1, 0.15) is 28.8 Å². The van der Waals surface area contributed by atoms with Crippen molar-refractivity contribution in [2.24, 2.45) is 5.73 Å². The van der Waals surface area contributed by atoms with Crippen molar-refractivity contribution in [2.45, 2.75) is 18.9 Å². The van der Waals surface area contributed by atoms with Crippen LogP contribution in [0.2, 0.25) is 5.02 Å². The SMILES string of the molecule is C[C@@](N)(C=O)Nc1cccc(-c2cc(-c3ccc(Cl)cc3O)nc(NC(=O)c3ccccc3OC(F)(F)F)c2C#N)c1. The summed E-state index contributed by atoms with van der Waals surface area (Å²) < 4.78 is 42.9. The number of nitrogens with one attached hydrogen (secondary N) is 2. The maximum atomic E-state index is 13.2. The molecule has 0 aliphatic rings. The van der Waals surface area contributed by atoms with Crippen molar-refractivity contribution >= 4 is 35.3 Å². The molecule has 1 heterocycles. The molecule has 0 unspecified atom stereocenters. The molecule has 4 rings (SSSR count). The largest absolute Gasteiger partial charge is 0.573 e. The van der Waals surface area contributed by atoms with Crippen LogP contribution in [-0.4, -0.2) is 34.3 Å². The van der Waals surface area contributed by atoms with Gasteiger partial charge in [0.2, 0.25) is 0 Å². The van der Waals surface area contributed by atoms with Gasteiger partial charge in [-0.1, -0.05) is 35.9 Å². The first kappa shape index (κ1) is 29.9. The van der Waals surface area contributed by atoms with Crippen molar-refractivity contribution in [3.05, 3.63) is 88.9 Å². The number of ether oxygens (including phenoxy) is 1. The van der Waals surface area contributed by atoms with E-state index in [0.717, 1.165) is 12.1 Å². The van der Waals surface area contributed by atoms with Crippen molar-refractivity contribution in [3.63, 3.8) is 0 Å². The maximum absolute atomic E-state index is 13.2. The minimum atomic E-state index is -5.06. The van der Waals surface area contributed by atoms with Crippen molar-refractivity contribution in [2.75, 3.05) is 10.6 Å². The summed E-state index contributed by atoms with van der Waals surface area (Å²) in [6.45, 7) is 1.45. The number of nitriles is 1. The van der Waals surface area contributed by atoms with Crippen molar-refractivity contribution in [1.82, 2.24) is 4.98 Å². The summed E-state index contributed by atoms with van der Waals surface area (Å²) in [6.07, 6.45) is -4.55. The number of carbonyl (C=O) groups excluding carboxylic acids is 2. The Balaban J connectivity index is 1.88. The van der Waals surface area contributed by atoms with Gasteiger partial charge >= 0.3 is 6.36 Å². The number of aldehydes is 1. The van der Waals surface area contributed by atoms with E-state index in [9.17, 15) is 33.1 Å². The van der Waals surface area contributed by atoms with E-state index in [1.165, 1.54) is 43.3 Å². The third-order valence-electron chi connectivity index (χ3n) is 5.79. The first-order valence-electron chi connectivity index (χ1n) is 12.0. The fourth-order valence-corrected chi connectivity index (χ4v) is 4.15. The number of pyridine rings is 1. The number of aromatic hydroxyl groups is 1. The number of hydrogen-bond donors (Lipinski definition) is 4. The van der Waals surface area contributed by atoms with Crippen LogP contribution in [-0.2, 0) is 4.79 Å². The molecular weight excluding hydrogens is 575 g/mol. The average molecular weight is 596 g/mol. The lowest BCUT2D eigenvalue weighted by atomic mass is 9.97. The van der Waals surface area contributed by atoms with Crippen LogP contribution in [0.4, 0.5) is 24.7 Å². The average Bonchev–Trinajstić information content (AvgIpc) is 2.92. The van der Waals surface area contributed by atoms with Gasteiger partial charge < -0.3 is 26.2 Å². The molecule has 0 saturated heterocycles. The second-order valence-corrected chi connectivity index (χ2v) is 9.59. The van der Waals surface area contributed by atoms with Crippen LogP contribution >= 0.6 is 11.6 Å². The lowest BCUT2D eigenvalue weighted by Gasteiger charge is -2.21. The summed E-state index contributed by atoms with van der Waals surface area (Å²) in [5, 5.41) is 26.2. The van der Waals surface area contributed by atoms with Gasteiger partial charge in [0.05, 0.1) is 11.3 Å². The lowest BCUT2D eigenvalue weighted by Crippen LogP contribution is -2.46. The van der Waals surface area contributed by atoms with E-state index in [4.69, 9.17) is 17.3 Å². The Morgan fingerprint density at radius 1 is 1.10 bits per heavy atom. The molecule has 0 bridgehead atoms. The van der Waals surface area contributed by atoms with Gasteiger partial charge in [0, 0.05) is 21.8 Å². The number of para-hydroxylation sites is 1. The highest BCUT2D eigenvalue weighted by atomic mass is 35.5. The predicted octanol–water partition coefficient (Wildman–Crippen LogP) is 6.08. The van der Waals surface area contributed by atoms with Crippen LogP contribution in [0.1, 0.15) is 22.8 Å². The number of nitrogens with zero attached hydrogens (tertiary/aromatic N) is 2. The number of halogens is 4. The zero-order valence-electron chi connectivity index (χ0n) is 21.7. The van der Waals surface area contributed by atoms with Crippen LogP contribution in [0.15, 0.2) is 72.8 Å². The zero-order chi connectivity index (χ0) is 30.7. The van der Waals surface area contributed by atoms with E-state index in [-0.39, 0.29) is 39.0 Å². The Labute approximate surface area is 242 Å². The molecule has 9 nitrogen and oxygen atoms in total. The number of phenolic OH excluding ortho intramolecular Hbond substituents is 1. The minimum absolute atomic E-state index is 0.100. The van der Waals surface area contributed by atoms with Gasteiger partial charge in [0.25, 0.3) is 5.91 Å². The number of hydrogen-bond acceptors (Lipinski definition) is 8. The fraction of sp³-hybridized carbons (Fsp3) is 0.103. The molecule has 0 spiro atoms. The second kappa shape index (κ2) is 11.8. The van der Waals surface area contributed by atoms with E-state index in [0.29, 0.717) is 17.5 Å². The molecule has 0 radical (unpaired) electrons. The summed E-state index contributed by atoms with van der Waals surface area (Å²) in [4.78, 5) is 28.9. The Kier molecular flexibility index (Phi) is 8.37. The summed E-state index contributed by atoms with van der Waals surface area (Å²) >= 11 is 5.98. The molecule has 3 aromatic carbocycles. The Morgan fingerprint density at radius 3 is 2.50 bits per heavy atom. The lowest BCUT2D eigenvalue weighted by molar-refractivity contribution is -0.274. The highest BCUT2D eigenvalue weighted by Crippen LogP contribution is 2.37. The van der Waals surface area contributed by atoms with E-state index in [1.54, 1.807) is 24.3 Å². The van der Waals surface area contributed by atoms with Crippen LogP contribution < -0.4 is 21.1 Å². The number of amides is 1. The second-order valence-electron chi connectivity index (χ2n) is 9.16. The standard InChI is InChI=1S/C29H21ClF3N5O4/c1-28(35,15-39)38-18-6-4-5-16(11-18)21-13-23(19-10-9-17(30)12-24(19)40)36-26(22(21)14-34)37-27(41)20-7-2-3-8-25(20)42-29(31,32)33/h2-13,15,38,40H,35H2,1H3,(H,36,37,41)/t28-/m0/s1. The highest BCUT2D eigenvalue weighted by Gasteiger charge is 2.33. The normalized spacial score (nSPS) is 12.5. The van der Waals surface area contributed by atoms with E-state index in [2.05, 4.69) is 20.4 Å². The molecule has 214 valence electrons. The number of aromatic nitrogens is 1. The van der Waals surface area contributed by atoms with Crippen molar-refractivity contribution in [3.8, 4) is 40.0 Å². The highest BCUT2D eigenvalue weighted by molar-refractivity contribution is 6.30. The van der Waals surface area contributed by atoms with E-state index in [1.807, 2.05) is 6.07 Å². The number of rotatable bonds is 8. The van der Waals surface area contributed by atoms with Gasteiger partial charge in [-0.25, -0.2) is 4.98 Å². The molecule has 1 atom stereocenters. The first-order valence-corrected chi connectivity index (χ1v) is 12.4. The molecule has 0 saturated carbocycles. The van der Waals surface area contributed by atoms with E-state index >= 15 is 0 Å². The molecular formula is C29H21ClF3N5O4. The predicted molar refractivity (Wildman–Crippen MR) is 150 cm³/mol. The van der Waals surface area contributed by atoms with Gasteiger partial charge in [-0.3, -0.25) is 9.59 Å². The molecule has 0 aliphatic carbocycles. The van der Waals surface area contributed by atoms with Crippen molar-refractivity contribution < 1.29 is 32.6 Å². The third-order valence-corrected chi connectivity index (χ3v) is 6.02. The summed E-state index contributed by atoms with van der Waals surface area (Å²) in [5.41, 5.74) is 5.25. The summed E-state index contributed by atoms with van der Waals surface area (Å²) in [7, 11) is 0.